The maximum Gasteiger partial charge on any atom is 0.305 e. The Hall–Kier alpha value is -1.10. The van der Waals surface area contributed by atoms with E-state index in [1.165, 1.54) is 7.11 Å². The lowest BCUT2D eigenvalue weighted by Crippen LogP contribution is -2.50. The van der Waals surface area contributed by atoms with Gasteiger partial charge in [-0.3, -0.25) is 9.59 Å². The van der Waals surface area contributed by atoms with E-state index in [0.29, 0.717) is 6.42 Å². The Morgan fingerprint density at radius 3 is 2.61 bits per heavy atom. The van der Waals surface area contributed by atoms with Gasteiger partial charge in [0.25, 0.3) is 0 Å². The smallest absolute Gasteiger partial charge is 0.305 e. The molecule has 0 radical (unpaired) electrons. The number of esters is 1. The van der Waals surface area contributed by atoms with Gasteiger partial charge in [0.15, 0.2) is 0 Å². The molecule has 0 aromatic heterocycles. The second-order valence-corrected chi connectivity index (χ2v) is 5.46. The molecule has 104 valence electrons. The first-order valence-electron chi connectivity index (χ1n) is 6.48. The number of piperidine rings is 1. The molecule has 1 amide bonds. The van der Waals surface area contributed by atoms with Gasteiger partial charge in [0.1, 0.15) is 0 Å². The molecule has 0 saturated carbocycles. The van der Waals surface area contributed by atoms with Gasteiger partial charge < -0.3 is 15.0 Å². The summed E-state index contributed by atoms with van der Waals surface area (Å²) >= 11 is 0. The third-order valence-corrected chi connectivity index (χ3v) is 3.27. The number of nitrogens with one attached hydrogen (secondary N) is 1. The van der Waals surface area contributed by atoms with Gasteiger partial charge in [-0.25, -0.2) is 0 Å². The lowest BCUT2D eigenvalue weighted by Gasteiger charge is -2.35. The predicted octanol–water partition coefficient (Wildman–Crippen LogP) is 0.642. The first-order chi connectivity index (χ1) is 8.42. The number of nitrogens with zero attached hydrogens (tertiary/aromatic N) is 1. The highest BCUT2D eigenvalue weighted by Crippen LogP contribution is 2.19. The van der Waals surface area contributed by atoms with E-state index in [-0.39, 0.29) is 29.8 Å². The van der Waals surface area contributed by atoms with E-state index in [1.54, 1.807) is 0 Å². The highest BCUT2D eigenvalue weighted by molar-refractivity contribution is 5.78. The van der Waals surface area contributed by atoms with Crippen molar-refractivity contribution >= 4 is 11.9 Å². The molecule has 5 heteroatoms. The van der Waals surface area contributed by atoms with Crippen molar-refractivity contribution in [3.05, 3.63) is 0 Å². The molecule has 1 fully saturated rings. The fraction of sp³-hybridized carbons (Fsp3) is 0.846. The minimum atomic E-state index is -0.177. The molecular weight excluding hydrogens is 232 g/mol. The van der Waals surface area contributed by atoms with Crippen molar-refractivity contribution in [3.8, 4) is 0 Å². The number of carbonyl (C=O) groups excluding carboxylic acids is 2. The van der Waals surface area contributed by atoms with Crippen LogP contribution in [0.4, 0.5) is 0 Å². The standard InChI is InChI=1S/C13H24N2O3/c1-9(2)13(17)14-11-5-10(6-12(16)18-4)7-15(3)8-11/h9-11H,5-8H2,1-4H3,(H,14,17). The van der Waals surface area contributed by atoms with Gasteiger partial charge in [0.2, 0.25) is 5.91 Å². The van der Waals surface area contributed by atoms with Crippen LogP contribution in [0.3, 0.4) is 0 Å². The molecule has 0 aromatic rings. The summed E-state index contributed by atoms with van der Waals surface area (Å²) in [6, 6.07) is 0.133. The van der Waals surface area contributed by atoms with Crippen LogP contribution in [0.25, 0.3) is 0 Å². The molecule has 1 aliphatic rings. The van der Waals surface area contributed by atoms with Crippen molar-refractivity contribution in [1.29, 1.82) is 0 Å². The van der Waals surface area contributed by atoms with Gasteiger partial charge in [-0.05, 0) is 19.4 Å². The Morgan fingerprint density at radius 1 is 1.39 bits per heavy atom. The zero-order valence-corrected chi connectivity index (χ0v) is 11.7. The maximum atomic E-state index is 11.7. The number of hydrogen-bond donors (Lipinski definition) is 1. The van der Waals surface area contributed by atoms with Gasteiger partial charge in [-0.15, -0.1) is 0 Å². The SMILES string of the molecule is COC(=O)CC1CC(NC(=O)C(C)C)CN(C)C1. The van der Waals surface area contributed by atoms with E-state index >= 15 is 0 Å². The molecule has 1 heterocycles. The number of carbonyl (C=O) groups is 2. The summed E-state index contributed by atoms with van der Waals surface area (Å²) in [6.07, 6.45) is 1.27. The number of likely N-dealkylation sites (tertiary alicyclic amines) is 1. The Kier molecular flexibility index (Phi) is 5.59. The monoisotopic (exact) mass is 256 g/mol. The fourth-order valence-electron chi connectivity index (χ4n) is 2.38. The summed E-state index contributed by atoms with van der Waals surface area (Å²) in [7, 11) is 3.42. The number of rotatable bonds is 4. The van der Waals surface area contributed by atoms with E-state index in [4.69, 9.17) is 4.74 Å². The van der Waals surface area contributed by atoms with Crippen LogP contribution >= 0.6 is 0 Å². The average Bonchev–Trinajstić information content (AvgIpc) is 2.27. The van der Waals surface area contributed by atoms with Crippen LogP contribution in [-0.2, 0) is 14.3 Å². The Morgan fingerprint density at radius 2 is 2.06 bits per heavy atom. The second-order valence-electron chi connectivity index (χ2n) is 5.46. The number of methoxy groups -OCH3 is 1. The number of hydrogen-bond acceptors (Lipinski definition) is 4. The number of ether oxygens (including phenoxy) is 1. The largest absolute Gasteiger partial charge is 0.469 e. The Bertz CT molecular complexity index is 305. The van der Waals surface area contributed by atoms with Crippen molar-refractivity contribution in [2.45, 2.75) is 32.7 Å². The third-order valence-electron chi connectivity index (χ3n) is 3.27. The average molecular weight is 256 g/mol. The molecule has 2 atom stereocenters. The third kappa shape index (κ3) is 4.64. The summed E-state index contributed by atoms with van der Waals surface area (Å²) in [4.78, 5) is 25.1. The van der Waals surface area contributed by atoms with E-state index in [9.17, 15) is 9.59 Å². The molecule has 1 aliphatic heterocycles. The van der Waals surface area contributed by atoms with Gasteiger partial charge in [0, 0.05) is 31.5 Å². The zero-order valence-electron chi connectivity index (χ0n) is 11.7. The van der Waals surface area contributed by atoms with Crippen molar-refractivity contribution in [1.82, 2.24) is 10.2 Å². The molecule has 1 N–H and O–H groups in total. The van der Waals surface area contributed by atoms with Gasteiger partial charge in [0.05, 0.1) is 7.11 Å². The van der Waals surface area contributed by atoms with Crippen molar-refractivity contribution < 1.29 is 14.3 Å². The molecule has 5 nitrogen and oxygen atoms in total. The van der Waals surface area contributed by atoms with Gasteiger partial charge >= 0.3 is 5.97 Å². The molecular formula is C13H24N2O3. The predicted molar refractivity (Wildman–Crippen MR) is 69.0 cm³/mol. The van der Waals surface area contributed by atoms with E-state index in [0.717, 1.165) is 19.5 Å². The first-order valence-corrected chi connectivity index (χ1v) is 6.48. The molecule has 0 aliphatic carbocycles. The summed E-state index contributed by atoms with van der Waals surface area (Å²) in [5.41, 5.74) is 0. The maximum absolute atomic E-state index is 11.7. The van der Waals surface area contributed by atoms with Gasteiger partial charge in [-0.2, -0.15) is 0 Å². The van der Waals surface area contributed by atoms with Crippen LogP contribution in [0, 0.1) is 11.8 Å². The molecule has 0 spiro atoms. The van der Waals surface area contributed by atoms with E-state index in [2.05, 4.69) is 10.2 Å². The Labute approximate surface area is 109 Å². The lowest BCUT2D eigenvalue weighted by molar-refractivity contribution is -0.142. The van der Waals surface area contributed by atoms with Crippen LogP contribution in [0.5, 0.6) is 0 Å². The molecule has 0 aromatic carbocycles. The normalized spacial score (nSPS) is 24.9. The van der Waals surface area contributed by atoms with Crippen LogP contribution in [0.2, 0.25) is 0 Å². The van der Waals surface area contributed by atoms with E-state index < -0.39 is 0 Å². The zero-order chi connectivity index (χ0) is 13.7. The van der Waals surface area contributed by atoms with Crippen LogP contribution in [-0.4, -0.2) is 50.1 Å². The second kappa shape index (κ2) is 6.73. The Balaban J connectivity index is 2.50. The van der Waals surface area contributed by atoms with Gasteiger partial charge in [-0.1, -0.05) is 13.8 Å². The summed E-state index contributed by atoms with van der Waals surface area (Å²) < 4.78 is 4.70. The van der Waals surface area contributed by atoms with Crippen LogP contribution in [0.1, 0.15) is 26.7 Å². The van der Waals surface area contributed by atoms with Crippen molar-refractivity contribution in [2.24, 2.45) is 11.8 Å². The summed E-state index contributed by atoms with van der Waals surface area (Å²) in [5, 5.41) is 3.04. The minimum Gasteiger partial charge on any atom is -0.469 e. The molecule has 1 rings (SSSR count). The van der Waals surface area contributed by atoms with E-state index in [1.807, 2.05) is 20.9 Å². The highest BCUT2D eigenvalue weighted by atomic mass is 16.5. The summed E-state index contributed by atoms with van der Waals surface area (Å²) in [5.74, 6) is 0.154. The van der Waals surface area contributed by atoms with Crippen LogP contribution in [0.15, 0.2) is 0 Å². The number of amides is 1. The minimum absolute atomic E-state index is 0.00344. The van der Waals surface area contributed by atoms with Crippen molar-refractivity contribution in [2.75, 3.05) is 27.2 Å². The lowest BCUT2D eigenvalue weighted by atomic mass is 9.91. The number of likely N-dealkylation sites (N-methyl/N-ethyl adjacent to an activating group) is 1. The summed E-state index contributed by atoms with van der Waals surface area (Å²) in [6.45, 7) is 5.49. The molecule has 2 unspecified atom stereocenters. The quantitative estimate of drug-likeness (QED) is 0.750. The van der Waals surface area contributed by atoms with Crippen molar-refractivity contribution in [3.63, 3.8) is 0 Å². The first kappa shape index (κ1) is 15.0. The fourth-order valence-corrected chi connectivity index (χ4v) is 2.38. The highest BCUT2D eigenvalue weighted by Gasteiger charge is 2.28. The molecule has 1 saturated heterocycles. The molecule has 0 bridgehead atoms. The van der Waals surface area contributed by atoms with Crippen LogP contribution < -0.4 is 5.32 Å². The topological polar surface area (TPSA) is 58.6 Å². The molecule has 18 heavy (non-hydrogen) atoms.